The van der Waals surface area contributed by atoms with E-state index in [1.165, 1.54) is 6.07 Å². The molecule has 1 aliphatic rings. The zero-order valence-electron chi connectivity index (χ0n) is 14.5. The smallest absolute Gasteiger partial charge is 0.254 e. The third kappa shape index (κ3) is 3.53. The maximum atomic E-state index is 13.4. The lowest BCUT2D eigenvalue weighted by Crippen LogP contribution is -2.49. The summed E-state index contributed by atoms with van der Waals surface area (Å²) in [5.74, 6) is -1.43. The number of aromatic nitrogens is 2. The average molecular weight is 368 g/mol. The zero-order valence-corrected chi connectivity index (χ0v) is 14.5. The molecule has 1 aromatic heterocycles. The predicted octanol–water partition coefficient (Wildman–Crippen LogP) is 3.32. The van der Waals surface area contributed by atoms with Crippen molar-refractivity contribution in [3.8, 4) is 11.3 Å². The van der Waals surface area contributed by atoms with Crippen molar-refractivity contribution >= 4 is 11.7 Å². The Morgan fingerprint density at radius 3 is 2.37 bits per heavy atom. The zero-order chi connectivity index (χ0) is 18.8. The lowest BCUT2D eigenvalue weighted by atomic mass is 10.1. The summed E-state index contributed by atoms with van der Waals surface area (Å²) in [4.78, 5) is 16.2. The quantitative estimate of drug-likeness (QED) is 0.772. The number of rotatable bonds is 3. The Balaban J connectivity index is 1.41. The Labute approximate surface area is 155 Å². The molecule has 1 saturated heterocycles. The van der Waals surface area contributed by atoms with Crippen LogP contribution in [0.1, 0.15) is 10.4 Å². The van der Waals surface area contributed by atoms with Crippen molar-refractivity contribution in [2.75, 3.05) is 31.1 Å². The summed E-state index contributed by atoms with van der Waals surface area (Å²) in [6.45, 7) is 2.22. The van der Waals surface area contributed by atoms with E-state index in [9.17, 15) is 13.6 Å². The Morgan fingerprint density at radius 2 is 1.67 bits per heavy atom. The third-order valence-corrected chi connectivity index (χ3v) is 4.71. The minimum Gasteiger partial charge on any atom is -0.352 e. The molecular formula is C20H18F2N4O. The van der Waals surface area contributed by atoms with Crippen LogP contribution >= 0.6 is 0 Å². The van der Waals surface area contributed by atoms with Crippen LogP contribution in [0.25, 0.3) is 11.3 Å². The number of H-pyrrole nitrogens is 1. The molecular weight excluding hydrogens is 350 g/mol. The van der Waals surface area contributed by atoms with Crippen molar-refractivity contribution in [3.05, 3.63) is 71.8 Å². The van der Waals surface area contributed by atoms with Crippen LogP contribution in [-0.2, 0) is 0 Å². The molecule has 3 aromatic rings. The predicted molar refractivity (Wildman–Crippen MR) is 98.5 cm³/mol. The highest BCUT2D eigenvalue weighted by Gasteiger charge is 2.24. The molecule has 138 valence electrons. The molecule has 0 spiro atoms. The first-order valence-electron chi connectivity index (χ1n) is 8.72. The highest BCUT2D eigenvalue weighted by atomic mass is 19.2. The number of anilines is 1. The molecule has 1 N–H and O–H groups in total. The Kier molecular flexibility index (Phi) is 4.58. The Hall–Kier alpha value is -3.22. The second-order valence-corrected chi connectivity index (χ2v) is 6.41. The van der Waals surface area contributed by atoms with Crippen LogP contribution < -0.4 is 4.90 Å². The van der Waals surface area contributed by atoms with Gasteiger partial charge in [-0.1, -0.05) is 30.3 Å². The molecule has 27 heavy (non-hydrogen) atoms. The van der Waals surface area contributed by atoms with Gasteiger partial charge in [0.2, 0.25) is 0 Å². The number of aromatic amines is 1. The van der Waals surface area contributed by atoms with Crippen LogP contribution in [0, 0.1) is 11.6 Å². The van der Waals surface area contributed by atoms with Gasteiger partial charge in [-0.3, -0.25) is 9.89 Å². The van der Waals surface area contributed by atoms with Crippen LogP contribution in [0.3, 0.4) is 0 Å². The summed E-state index contributed by atoms with van der Waals surface area (Å²) in [5.41, 5.74) is 2.16. The summed E-state index contributed by atoms with van der Waals surface area (Å²) in [6.07, 6.45) is 0. The fourth-order valence-electron chi connectivity index (χ4n) is 3.19. The molecule has 7 heteroatoms. The first-order chi connectivity index (χ1) is 13.1. The van der Waals surface area contributed by atoms with E-state index in [1.54, 1.807) is 4.90 Å². The molecule has 2 heterocycles. The van der Waals surface area contributed by atoms with E-state index in [-0.39, 0.29) is 11.5 Å². The Bertz CT molecular complexity index is 950. The molecule has 1 aliphatic heterocycles. The van der Waals surface area contributed by atoms with Crippen LogP contribution in [0.15, 0.2) is 54.6 Å². The topological polar surface area (TPSA) is 52.2 Å². The van der Waals surface area contributed by atoms with E-state index in [1.807, 2.05) is 36.4 Å². The number of piperazine rings is 1. The van der Waals surface area contributed by atoms with Crippen LogP contribution in [0.5, 0.6) is 0 Å². The van der Waals surface area contributed by atoms with Gasteiger partial charge in [0.15, 0.2) is 17.5 Å². The molecule has 0 bridgehead atoms. The van der Waals surface area contributed by atoms with E-state index in [0.717, 1.165) is 29.2 Å². The molecule has 1 fully saturated rings. The van der Waals surface area contributed by atoms with Gasteiger partial charge in [0.25, 0.3) is 5.91 Å². The van der Waals surface area contributed by atoms with E-state index in [2.05, 4.69) is 15.1 Å². The van der Waals surface area contributed by atoms with Crippen molar-refractivity contribution < 1.29 is 13.6 Å². The van der Waals surface area contributed by atoms with Gasteiger partial charge in [0.1, 0.15) is 0 Å². The number of hydrogen-bond acceptors (Lipinski definition) is 3. The summed E-state index contributed by atoms with van der Waals surface area (Å²) >= 11 is 0. The van der Waals surface area contributed by atoms with E-state index in [0.29, 0.717) is 26.2 Å². The minimum absolute atomic E-state index is 0.161. The van der Waals surface area contributed by atoms with Gasteiger partial charge in [0.05, 0.1) is 5.69 Å². The number of carbonyl (C=O) groups excluding carboxylic acids is 1. The van der Waals surface area contributed by atoms with Gasteiger partial charge in [-0.05, 0) is 23.8 Å². The van der Waals surface area contributed by atoms with Gasteiger partial charge >= 0.3 is 0 Å². The van der Waals surface area contributed by atoms with Gasteiger partial charge in [-0.2, -0.15) is 5.10 Å². The van der Waals surface area contributed by atoms with Crippen LogP contribution in [0.4, 0.5) is 14.6 Å². The number of carbonyl (C=O) groups is 1. The van der Waals surface area contributed by atoms with Crippen molar-refractivity contribution in [1.82, 2.24) is 15.1 Å². The molecule has 1 amide bonds. The van der Waals surface area contributed by atoms with E-state index >= 15 is 0 Å². The minimum atomic E-state index is -1.01. The average Bonchev–Trinajstić information content (AvgIpc) is 3.21. The summed E-state index contributed by atoms with van der Waals surface area (Å²) in [6, 6.07) is 15.2. The number of nitrogens with zero attached hydrogens (tertiary/aromatic N) is 3. The number of hydrogen-bond donors (Lipinski definition) is 1. The highest BCUT2D eigenvalue weighted by Crippen LogP contribution is 2.23. The third-order valence-electron chi connectivity index (χ3n) is 4.71. The van der Waals surface area contributed by atoms with E-state index in [4.69, 9.17) is 0 Å². The summed E-state index contributed by atoms with van der Waals surface area (Å²) in [5, 5.41) is 7.41. The number of amides is 1. The maximum Gasteiger partial charge on any atom is 0.254 e. The molecule has 0 unspecified atom stereocenters. The lowest BCUT2D eigenvalue weighted by molar-refractivity contribution is 0.0746. The number of halogens is 2. The monoisotopic (exact) mass is 368 g/mol. The maximum absolute atomic E-state index is 13.4. The first-order valence-corrected chi connectivity index (χ1v) is 8.72. The summed E-state index contributed by atoms with van der Waals surface area (Å²) < 4.78 is 26.4. The molecule has 4 rings (SSSR count). The molecule has 0 saturated carbocycles. The SMILES string of the molecule is O=C(c1ccc(F)c(F)c1)N1CCN(c2cc(-c3ccccc3)[nH]n2)CC1. The van der Waals surface area contributed by atoms with Crippen LogP contribution in [0.2, 0.25) is 0 Å². The fraction of sp³-hybridized carbons (Fsp3) is 0.200. The van der Waals surface area contributed by atoms with Crippen molar-refractivity contribution in [1.29, 1.82) is 0 Å². The molecule has 0 atom stereocenters. The molecule has 2 aromatic carbocycles. The Morgan fingerprint density at radius 1 is 0.926 bits per heavy atom. The number of nitrogens with one attached hydrogen (secondary N) is 1. The fourth-order valence-corrected chi connectivity index (χ4v) is 3.19. The van der Waals surface area contributed by atoms with E-state index < -0.39 is 11.6 Å². The largest absolute Gasteiger partial charge is 0.352 e. The van der Waals surface area contributed by atoms with Crippen LogP contribution in [-0.4, -0.2) is 47.2 Å². The normalized spacial score (nSPS) is 14.4. The second kappa shape index (κ2) is 7.19. The molecule has 0 radical (unpaired) electrons. The first kappa shape index (κ1) is 17.2. The standard InChI is InChI=1S/C20H18F2N4O/c21-16-7-6-15(12-17(16)22)20(27)26-10-8-25(9-11-26)19-13-18(23-24-19)14-4-2-1-3-5-14/h1-7,12-13H,8-11H2,(H,23,24). The van der Waals surface area contributed by atoms with Gasteiger partial charge in [-0.15, -0.1) is 0 Å². The molecule has 0 aliphatic carbocycles. The van der Waals surface area contributed by atoms with Crippen molar-refractivity contribution in [2.45, 2.75) is 0 Å². The summed E-state index contributed by atoms with van der Waals surface area (Å²) in [7, 11) is 0. The molecule has 5 nitrogen and oxygen atoms in total. The van der Waals surface area contributed by atoms with Crippen molar-refractivity contribution in [2.24, 2.45) is 0 Å². The van der Waals surface area contributed by atoms with Gasteiger partial charge < -0.3 is 9.80 Å². The number of benzene rings is 2. The van der Waals surface area contributed by atoms with Crippen molar-refractivity contribution in [3.63, 3.8) is 0 Å². The van der Waals surface area contributed by atoms with Gasteiger partial charge in [0, 0.05) is 37.8 Å². The second-order valence-electron chi connectivity index (χ2n) is 6.41. The van der Waals surface area contributed by atoms with Gasteiger partial charge in [-0.25, -0.2) is 8.78 Å². The highest BCUT2D eigenvalue weighted by molar-refractivity contribution is 5.94. The lowest BCUT2D eigenvalue weighted by Gasteiger charge is -2.34.